The number of rotatable bonds is 4. The molecule has 0 N–H and O–H groups in total. The van der Waals surface area contributed by atoms with Gasteiger partial charge < -0.3 is 9.80 Å². The Morgan fingerprint density at radius 3 is 2.23 bits per heavy atom. The van der Waals surface area contributed by atoms with Gasteiger partial charge in [0.25, 0.3) is 11.8 Å². The standard InChI is InChI=1S/C24H24N4O2S/c29-23(19-9-5-2-6-10-19)26-12-13-28(21(17-26)18-7-3-1-4-8-18)20-15-27(16-20)24(30)22-25-11-14-31-22/h1-11,14,20-21H,12-13,15-17H2. The lowest BCUT2D eigenvalue weighted by Gasteiger charge is -2.51. The third kappa shape index (κ3) is 3.98. The summed E-state index contributed by atoms with van der Waals surface area (Å²) in [7, 11) is 0. The molecule has 0 aliphatic carbocycles. The minimum atomic E-state index is 0.0143. The molecule has 3 heterocycles. The fourth-order valence-corrected chi connectivity index (χ4v) is 5.05. The van der Waals surface area contributed by atoms with E-state index in [4.69, 9.17) is 0 Å². The minimum absolute atomic E-state index is 0.0143. The van der Waals surface area contributed by atoms with Gasteiger partial charge in [0.1, 0.15) is 0 Å². The summed E-state index contributed by atoms with van der Waals surface area (Å²) in [4.78, 5) is 36.1. The van der Waals surface area contributed by atoms with Crippen LogP contribution in [-0.4, -0.2) is 70.3 Å². The molecule has 2 aromatic carbocycles. The SMILES string of the molecule is O=C(c1ccccc1)N1CCN(C2CN(C(=O)c3nccs3)C2)C(c2ccccc2)C1. The van der Waals surface area contributed by atoms with Crippen molar-refractivity contribution in [2.75, 3.05) is 32.7 Å². The van der Waals surface area contributed by atoms with Crippen molar-refractivity contribution in [1.29, 1.82) is 0 Å². The van der Waals surface area contributed by atoms with Gasteiger partial charge in [-0.25, -0.2) is 4.98 Å². The van der Waals surface area contributed by atoms with Gasteiger partial charge in [-0.3, -0.25) is 14.5 Å². The van der Waals surface area contributed by atoms with Gasteiger partial charge in [0.2, 0.25) is 0 Å². The number of thiazole rings is 1. The molecule has 0 spiro atoms. The van der Waals surface area contributed by atoms with Gasteiger partial charge in [0.15, 0.2) is 5.01 Å². The van der Waals surface area contributed by atoms with Crippen LogP contribution in [0.25, 0.3) is 0 Å². The molecule has 2 saturated heterocycles. The Morgan fingerprint density at radius 2 is 1.55 bits per heavy atom. The van der Waals surface area contributed by atoms with E-state index in [1.165, 1.54) is 16.9 Å². The Morgan fingerprint density at radius 1 is 0.839 bits per heavy atom. The summed E-state index contributed by atoms with van der Waals surface area (Å²) in [6.07, 6.45) is 1.67. The summed E-state index contributed by atoms with van der Waals surface area (Å²) >= 11 is 1.38. The highest BCUT2D eigenvalue weighted by molar-refractivity contribution is 7.11. The Labute approximate surface area is 185 Å². The van der Waals surface area contributed by atoms with E-state index >= 15 is 0 Å². The van der Waals surface area contributed by atoms with Gasteiger partial charge in [0, 0.05) is 55.9 Å². The molecule has 3 aromatic rings. The van der Waals surface area contributed by atoms with Gasteiger partial charge in [-0.1, -0.05) is 48.5 Å². The Bertz CT molecular complexity index is 1040. The van der Waals surface area contributed by atoms with E-state index in [9.17, 15) is 9.59 Å². The smallest absolute Gasteiger partial charge is 0.282 e. The fraction of sp³-hybridized carbons (Fsp3) is 0.292. The van der Waals surface area contributed by atoms with Crippen LogP contribution in [0.4, 0.5) is 0 Å². The van der Waals surface area contributed by atoms with E-state index in [1.54, 1.807) is 6.20 Å². The maximum absolute atomic E-state index is 13.1. The Hall–Kier alpha value is -3.03. The minimum Gasteiger partial charge on any atom is -0.335 e. The van der Waals surface area contributed by atoms with Crippen molar-refractivity contribution in [3.8, 4) is 0 Å². The highest BCUT2D eigenvalue weighted by Crippen LogP contribution is 2.31. The first-order chi connectivity index (χ1) is 15.2. The lowest BCUT2D eigenvalue weighted by atomic mass is 9.96. The number of piperazine rings is 1. The number of benzene rings is 2. The second-order valence-corrected chi connectivity index (χ2v) is 8.88. The molecule has 5 rings (SSSR count). The second kappa shape index (κ2) is 8.61. The number of hydrogen-bond acceptors (Lipinski definition) is 5. The second-order valence-electron chi connectivity index (χ2n) is 7.98. The van der Waals surface area contributed by atoms with Crippen molar-refractivity contribution in [3.63, 3.8) is 0 Å². The molecule has 0 bridgehead atoms. The van der Waals surface area contributed by atoms with E-state index < -0.39 is 0 Å². The first-order valence-corrected chi connectivity index (χ1v) is 11.4. The molecule has 1 unspecified atom stereocenters. The maximum Gasteiger partial charge on any atom is 0.282 e. The van der Waals surface area contributed by atoms with Crippen LogP contribution in [-0.2, 0) is 0 Å². The molecule has 7 heteroatoms. The average molecular weight is 433 g/mol. The summed E-state index contributed by atoms with van der Waals surface area (Å²) in [5.74, 6) is 0.0933. The highest BCUT2D eigenvalue weighted by atomic mass is 32.1. The molecule has 31 heavy (non-hydrogen) atoms. The molecule has 6 nitrogen and oxygen atoms in total. The van der Waals surface area contributed by atoms with Crippen molar-refractivity contribution in [1.82, 2.24) is 19.7 Å². The molecule has 0 radical (unpaired) electrons. The van der Waals surface area contributed by atoms with Crippen LogP contribution in [0.2, 0.25) is 0 Å². The first kappa shape index (κ1) is 19.9. The lowest BCUT2D eigenvalue weighted by molar-refractivity contribution is -0.0186. The number of amides is 2. The van der Waals surface area contributed by atoms with Crippen LogP contribution < -0.4 is 0 Å². The molecule has 1 aromatic heterocycles. The Balaban J connectivity index is 1.31. The van der Waals surface area contributed by atoms with Gasteiger partial charge in [-0.2, -0.15) is 0 Å². The average Bonchev–Trinajstić information content (AvgIpc) is 3.34. The number of carbonyl (C=O) groups excluding carboxylic acids is 2. The van der Waals surface area contributed by atoms with Gasteiger partial charge in [-0.15, -0.1) is 11.3 Å². The molecule has 2 aliphatic heterocycles. The molecule has 158 valence electrons. The normalized spacial score (nSPS) is 19.8. The predicted octanol–water partition coefficient (Wildman–Crippen LogP) is 3.17. The molecule has 1 atom stereocenters. The van der Waals surface area contributed by atoms with Crippen molar-refractivity contribution < 1.29 is 9.59 Å². The van der Waals surface area contributed by atoms with Gasteiger partial charge >= 0.3 is 0 Å². The number of nitrogens with zero attached hydrogens (tertiary/aromatic N) is 4. The van der Waals surface area contributed by atoms with Crippen molar-refractivity contribution in [2.45, 2.75) is 12.1 Å². The largest absolute Gasteiger partial charge is 0.335 e. The quantitative estimate of drug-likeness (QED) is 0.636. The van der Waals surface area contributed by atoms with Crippen LogP contribution >= 0.6 is 11.3 Å². The first-order valence-electron chi connectivity index (χ1n) is 10.5. The van der Waals surface area contributed by atoms with E-state index in [-0.39, 0.29) is 17.9 Å². The molecule has 0 saturated carbocycles. The summed E-state index contributed by atoms with van der Waals surface area (Å²) in [5.41, 5.74) is 1.93. The highest BCUT2D eigenvalue weighted by Gasteiger charge is 2.41. The maximum atomic E-state index is 13.1. The number of likely N-dealkylation sites (tertiary alicyclic amines) is 1. The summed E-state index contributed by atoms with van der Waals surface area (Å²) in [6.45, 7) is 3.54. The van der Waals surface area contributed by atoms with Crippen LogP contribution in [0.5, 0.6) is 0 Å². The zero-order chi connectivity index (χ0) is 21.2. The van der Waals surface area contributed by atoms with Gasteiger partial charge in [-0.05, 0) is 17.7 Å². The van der Waals surface area contributed by atoms with E-state index in [2.05, 4.69) is 22.0 Å². The van der Waals surface area contributed by atoms with E-state index in [1.807, 2.05) is 63.7 Å². The van der Waals surface area contributed by atoms with Crippen LogP contribution in [0.15, 0.2) is 72.2 Å². The van der Waals surface area contributed by atoms with Crippen molar-refractivity contribution in [3.05, 3.63) is 88.4 Å². The summed E-state index contributed by atoms with van der Waals surface area (Å²) in [5, 5.41) is 2.38. The van der Waals surface area contributed by atoms with Gasteiger partial charge in [0.05, 0.1) is 6.04 Å². The topological polar surface area (TPSA) is 56.8 Å². The van der Waals surface area contributed by atoms with Crippen molar-refractivity contribution in [2.24, 2.45) is 0 Å². The monoisotopic (exact) mass is 432 g/mol. The molecule has 2 fully saturated rings. The third-order valence-electron chi connectivity index (χ3n) is 6.15. The predicted molar refractivity (Wildman–Crippen MR) is 120 cm³/mol. The number of hydrogen-bond donors (Lipinski definition) is 0. The molecule has 2 aliphatic rings. The number of aromatic nitrogens is 1. The van der Waals surface area contributed by atoms with Crippen LogP contribution in [0, 0.1) is 0 Å². The Kier molecular flexibility index (Phi) is 5.53. The van der Waals surface area contributed by atoms with Crippen LogP contribution in [0.1, 0.15) is 31.8 Å². The molecule has 2 amide bonds. The van der Waals surface area contributed by atoms with Crippen LogP contribution in [0.3, 0.4) is 0 Å². The van der Waals surface area contributed by atoms with E-state index in [0.717, 1.165) is 12.1 Å². The zero-order valence-electron chi connectivity index (χ0n) is 17.1. The third-order valence-corrected chi connectivity index (χ3v) is 6.91. The van der Waals surface area contributed by atoms with Crippen molar-refractivity contribution >= 4 is 23.2 Å². The number of carbonyl (C=O) groups is 2. The molecular weight excluding hydrogens is 408 g/mol. The lowest BCUT2D eigenvalue weighted by Crippen LogP contribution is -2.65. The molecular formula is C24H24N4O2S. The summed E-state index contributed by atoms with van der Waals surface area (Å²) < 4.78 is 0. The summed E-state index contributed by atoms with van der Waals surface area (Å²) in [6, 6.07) is 20.3. The fourth-order valence-electron chi connectivity index (χ4n) is 4.45. The zero-order valence-corrected chi connectivity index (χ0v) is 17.9. The van der Waals surface area contributed by atoms with E-state index in [0.29, 0.717) is 37.2 Å².